The maximum absolute atomic E-state index is 3.91. The number of nitrogens with one attached hydrogen (secondary N) is 1. The van der Waals surface area contributed by atoms with Gasteiger partial charge in [0.1, 0.15) is 0 Å². The van der Waals surface area contributed by atoms with Gasteiger partial charge in [-0.1, -0.05) is 19.8 Å². The van der Waals surface area contributed by atoms with Gasteiger partial charge in [-0.2, -0.15) is 23.5 Å². The van der Waals surface area contributed by atoms with Crippen LogP contribution in [0.25, 0.3) is 0 Å². The summed E-state index contributed by atoms with van der Waals surface area (Å²) in [5, 5.41) is 4.81. The summed E-state index contributed by atoms with van der Waals surface area (Å²) in [7, 11) is 0. The predicted octanol–water partition coefficient (Wildman–Crippen LogP) is 3.15. The molecule has 3 heteroatoms. The average Bonchev–Trinajstić information content (AvgIpc) is 2.74. The van der Waals surface area contributed by atoms with E-state index in [0.717, 1.165) is 17.3 Å². The average molecular weight is 245 g/mol. The second kappa shape index (κ2) is 6.41. The number of hydrogen-bond donors (Lipinski definition) is 1. The summed E-state index contributed by atoms with van der Waals surface area (Å²) < 4.78 is 0. The molecule has 0 bridgehead atoms. The second-order valence-corrected chi connectivity index (χ2v) is 7.28. The van der Waals surface area contributed by atoms with Crippen molar-refractivity contribution >= 4 is 23.5 Å². The summed E-state index contributed by atoms with van der Waals surface area (Å²) in [6.07, 6.45) is 7.15. The molecule has 3 unspecified atom stereocenters. The van der Waals surface area contributed by atoms with Gasteiger partial charge in [0, 0.05) is 23.1 Å². The molecule has 3 atom stereocenters. The van der Waals surface area contributed by atoms with Crippen LogP contribution in [0, 0.1) is 0 Å². The second-order valence-electron chi connectivity index (χ2n) is 4.61. The molecule has 0 amide bonds. The van der Waals surface area contributed by atoms with E-state index >= 15 is 0 Å². The van der Waals surface area contributed by atoms with Crippen LogP contribution in [0.4, 0.5) is 0 Å². The van der Waals surface area contributed by atoms with Crippen LogP contribution in [0.2, 0.25) is 0 Å². The molecule has 15 heavy (non-hydrogen) atoms. The molecule has 0 aromatic carbocycles. The fourth-order valence-electron chi connectivity index (χ4n) is 2.67. The Morgan fingerprint density at radius 2 is 2.13 bits per heavy atom. The molecule has 1 saturated carbocycles. The van der Waals surface area contributed by atoms with Crippen LogP contribution < -0.4 is 5.32 Å². The van der Waals surface area contributed by atoms with Gasteiger partial charge < -0.3 is 5.32 Å². The van der Waals surface area contributed by atoms with Gasteiger partial charge in [0.05, 0.1) is 0 Å². The molecule has 88 valence electrons. The van der Waals surface area contributed by atoms with Crippen molar-refractivity contribution in [2.24, 2.45) is 0 Å². The molecule has 1 saturated heterocycles. The minimum Gasteiger partial charge on any atom is -0.309 e. The highest BCUT2D eigenvalue weighted by atomic mass is 32.2. The first-order valence-electron chi connectivity index (χ1n) is 6.35. The van der Waals surface area contributed by atoms with E-state index in [0.29, 0.717) is 0 Å². The van der Waals surface area contributed by atoms with Crippen molar-refractivity contribution in [2.45, 2.75) is 56.4 Å². The maximum Gasteiger partial charge on any atom is 0.0201 e. The number of hydrogen-bond acceptors (Lipinski definition) is 3. The van der Waals surface area contributed by atoms with Gasteiger partial charge in [0.15, 0.2) is 0 Å². The number of thioether (sulfide) groups is 2. The van der Waals surface area contributed by atoms with Gasteiger partial charge in [0.2, 0.25) is 0 Å². The van der Waals surface area contributed by atoms with Crippen molar-refractivity contribution < 1.29 is 0 Å². The van der Waals surface area contributed by atoms with Crippen LogP contribution in [-0.2, 0) is 0 Å². The van der Waals surface area contributed by atoms with Crippen LogP contribution >= 0.6 is 23.5 Å². The predicted molar refractivity (Wildman–Crippen MR) is 73.0 cm³/mol. The van der Waals surface area contributed by atoms with E-state index in [2.05, 4.69) is 35.8 Å². The molecule has 0 spiro atoms. The summed E-state index contributed by atoms with van der Waals surface area (Å²) in [6.45, 7) is 2.29. The van der Waals surface area contributed by atoms with E-state index in [4.69, 9.17) is 0 Å². The lowest BCUT2D eigenvalue weighted by Crippen LogP contribution is -2.46. The maximum atomic E-state index is 3.91. The zero-order valence-electron chi connectivity index (χ0n) is 9.71. The van der Waals surface area contributed by atoms with Crippen molar-refractivity contribution in [1.82, 2.24) is 5.32 Å². The summed E-state index contributed by atoms with van der Waals surface area (Å²) in [4.78, 5) is 0. The molecular formula is C12H23NS2. The van der Waals surface area contributed by atoms with Crippen LogP contribution in [0.3, 0.4) is 0 Å². The Bertz CT molecular complexity index is 178. The van der Waals surface area contributed by atoms with Gasteiger partial charge in [0.25, 0.3) is 0 Å². The lowest BCUT2D eigenvalue weighted by molar-refractivity contribution is 0.355. The molecule has 0 aromatic rings. The molecule has 0 aromatic heterocycles. The Hall–Kier alpha value is 0.660. The zero-order valence-corrected chi connectivity index (χ0v) is 11.3. The monoisotopic (exact) mass is 245 g/mol. The minimum absolute atomic E-state index is 0.812. The van der Waals surface area contributed by atoms with Crippen molar-refractivity contribution in [3.8, 4) is 0 Å². The standard InChI is InChI=1S/C12H23NS2/c1-2-15-12-6-4-3-5-11(12)13-10-7-8-14-9-10/h10-13H,2-9H2,1H3. The lowest BCUT2D eigenvalue weighted by Gasteiger charge is -2.33. The van der Waals surface area contributed by atoms with Crippen molar-refractivity contribution in [2.75, 3.05) is 17.3 Å². The zero-order chi connectivity index (χ0) is 10.5. The molecule has 2 fully saturated rings. The van der Waals surface area contributed by atoms with E-state index in [1.54, 1.807) is 0 Å². The summed E-state index contributed by atoms with van der Waals surface area (Å²) in [6, 6.07) is 1.63. The Labute approximate surface area is 103 Å². The van der Waals surface area contributed by atoms with Crippen molar-refractivity contribution in [3.63, 3.8) is 0 Å². The quantitative estimate of drug-likeness (QED) is 0.817. The molecule has 1 aliphatic carbocycles. The van der Waals surface area contributed by atoms with Crippen LogP contribution in [-0.4, -0.2) is 34.6 Å². The lowest BCUT2D eigenvalue weighted by atomic mass is 9.94. The Kier molecular flexibility index (Phi) is 5.18. The van der Waals surface area contributed by atoms with Crippen LogP contribution in [0.1, 0.15) is 39.0 Å². The smallest absolute Gasteiger partial charge is 0.0201 e. The fraction of sp³-hybridized carbons (Fsp3) is 1.00. The van der Waals surface area contributed by atoms with Gasteiger partial charge in [-0.05, 0) is 30.8 Å². The third-order valence-electron chi connectivity index (χ3n) is 3.46. The van der Waals surface area contributed by atoms with Gasteiger partial charge >= 0.3 is 0 Å². The van der Waals surface area contributed by atoms with Crippen molar-refractivity contribution in [1.29, 1.82) is 0 Å². The Morgan fingerprint density at radius 3 is 2.87 bits per heavy atom. The van der Waals surface area contributed by atoms with E-state index in [1.807, 2.05) is 0 Å². The first kappa shape index (κ1) is 12.1. The molecule has 2 aliphatic rings. The Morgan fingerprint density at radius 1 is 1.27 bits per heavy atom. The first-order chi connectivity index (χ1) is 7.40. The highest BCUT2D eigenvalue weighted by Gasteiger charge is 2.27. The van der Waals surface area contributed by atoms with Gasteiger partial charge in [-0.25, -0.2) is 0 Å². The van der Waals surface area contributed by atoms with Gasteiger partial charge in [-0.3, -0.25) is 0 Å². The first-order valence-corrected chi connectivity index (χ1v) is 8.56. The normalized spacial score (nSPS) is 37.0. The molecule has 1 heterocycles. The molecule has 1 N–H and O–H groups in total. The SMILES string of the molecule is CCSC1CCCCC1NC1CCSC1. The summed E-state index contributed by atoms with van der Waals surface area (Å²) >= 11 is 4.29. The third-order valence-corrected chi connectivity index (χ3v) is 5.95. The summed E-state index contributed by atoms with van der Waals surface area (Å²) in [5.41, 5.74) is 0. The fourth-order valence-corrected chi connectivity index (χ4v) is 5.04. The van der Waals surface area contributed by atoms with E-state index < -0.39 is 0 Å². The molecule has 2 rings (SSSR count). The van der Waals surface area contributed by atoms with E-state index in [-0.39, 0.29) is 0 Å². The molecule has 1 aliphatic heterocycles. The third kappa shape index (κ3) is 3.57. The molecular weight excluding hydrogens is 222 g/mol. The van der Waals surface area contributed by atoms with E-state index in [9.17, 15) is 0 Å². The van der Waals surface area contributed by atoms with Crippen molar-refractivity contribution in [3.05, 3.63) is 0 Å². The minimum atomic E-state index is 0.812. The number of rotatable bonds is 4. The molecule has 0 radical (unpaired) electrons. The van der Waals surface area contributed by atoms with Gasteiger partial charge in [-0.15, -0.1) is 0 Å². The Balaban J connectivity index is 1.80. The largest absolute Gasteiger partial charge is 0.309 e. The molecule has 1 nitrogen and oxygen atoms in total. The highest BCUT2D eigenvalue weighted by Crippen LogP contribution is 2.30. The topological polar surface area (TPSA) is 12.0 Å². The highest BCUT2D eigenvalue weighted by molar-refractivity contribution is 8.00. The van der Waals surface area contributed by atoms with E-state index in [1.165, 1.54) is 49.4 Å². The van der Waals surface area contributed by atoms with Crippen LogP contribution in [0.5, 0.6) is 0 Å². The summed E-state index contributed by atoms with van der Waals surface area (Å²) in [5.74, 6) is 4.00. The van der Waals surface area contributed by atoms with Crippen LogP contribution in [0.15, 0.2) is 0 Å².